The van der Waals surface area contributed by atoms with Crippen molar-refractivity contribution >= 4 is 33.2 Å². The van der Waals surface area contributed by atoms with Gasteiger partial charge in [-0.15, -0.1) is 11.3 Å². The van der Waals surface area contributed by atoms with Gasteiger partial charge in [-0.2, -0.15) is 0 Å². The van der Waals surface area contributed by atoms with Gasteiger partial charge in [0.05, 0.1) is 9.35 Å². The molecule has 1 aliphatic carbocycles. The van der Waals surface area contributed by atoms with Crippen LogP contribution in [0.15, 0.2) is 15.2 Å². The number of carbonyl (C=O) groups excluding carboxylic acids is 1. The first-order valence-corrected chi connectivity index (χ1v) is 7.68. The zero-order valence-electron chi connectivity index (χ0n) is 10.3. The summed E-state index contributed by atoms with van der Waals surface area (Å²) >= 11 is 4.93. The average Bonchev–Trinajstić information content (AvgIpc) is 2.63. The van der Waals surface area contributed by atoms with Crippen LogP contribution >= 0.6 is 27.3 Å². The Hall–Kier alpha value is -0.350. The molecule has 0 bridgehead atoms. The number of nitrogens with one attached hydrogen (secondary N) is 1. The number of amides is 1. The summed E-state index contributed by atoms with van der Waals surface area (Å²) in [4.78, 5) is 12.0. The molecule has 94 valence electrons. The lowest BCUT2D eigenvalue weighted by atomic mass is 9.75. The van der Waals surface area contributed by atoms with Crippen LogP contribution in [0.3, 0.4) is 0 Å². The normalized spacial score (nSPS) is 23.4. The van der Waals surface area contributed by atoms with Gasteiger partial charge < -0.3 is 5.32 Å². The molecule has 17 heavy (non-hydrogen) atoms. The van der Waals surface area contributed by atoms with Gasteiger partial charge in [-0.1, -0.05) is 20.3 Å². The molecule has 1 aromatic rings. The number of thiophene rings is 1. The maximum atomic E-state index is 12.0. The quantitative estimate of drug-likeness (QED) is 0.870. The number of rotatable bonds is 2. The van der Waals surface area contributed by atoms with E-state index in [1.54, 1.807) is 11.3 Å². The van der Waals surface area contributed by atoms with E-state index in [1.165, 1.54) is 12.8 Å². The largest absolute Gasteiger partial charge is 0.349 e. The summed E-state index contributed by atoms with van der Waals surface area (Å²) in [5.74, 6) is 0.0645. The van der Waals surface area contributed by atoms with Gasteiger partial charge in [0.15, 0.2) is 0 Å². The first kappa shape index (κ1) is 13.1. The van der Waals surface area contributed by atoms with Gasteiger partial charge >= 0.3 is 0 Å². The van der Waals surface area contributed by atoms with Crippen LogP contribution in [-0.4, -0.2) is 11.9 Å². The van der Waals surface area contributed by atoms with Gasteiger partial charge in [0, 0.05) is 11.4 Å². The second-order valence-electron chi connectivity index (χ2n) is 5.57. The van der Waals surface area contributed by atoms with Crippen LogP contribution in [0.5, 0.6) is 0 Å². The Morgan fingerprint density at radius 2 is 2.35 bits per heavy atom. The highest BCUT2D eigenvalue weighted by molar-refractivity contribution is 9.11. The molecule has 0 aromatic carbocycles. The number of hydrogen-bond donors (Lipinski definition) is 1. The van der Waals surface area contributed by atoms with E-state index in [9.17, 15) is 4.79 Å². The third-order valence-corrected chi connectivity index (χ3v) is 4.87. The fourth-order valence-electron chi connectivity index (χ4n) is 2.52. The predicted octanol–water partition coefficient (Wildman–Crippen LogP) is 4.21. The van der Waals surface area contributed by atoms with E-state index >= 15 is 0 Å². The first-order chi connectivity index (χ1) is 7.96. The summed E-state index contributed by atoms with van der Waals surface area (Å²) in [6, 6.07) is 2.22. The Morgan fingerprint density at radius 3 is 2.94 bits per heavy atom. The van der Waals surface area contributed by atoms with E-state index in [0.717, 1.165) is 22.2 Å². The zero-order valence-corrected chi connectivity index (χ0v) is 12.7. The number of halogens is 1. The minimum Gasteiger partial charge on any atom is -0.349 e. The van der Waals surface area contributed by atoms with Crippen molar-refractivity contribution in [1.29, 1.82) is 0 Å². The molecule has 0 saturated heterocycles. The summed E-state index contributed by atoms with van der Waals surface area (Å²) in [5, 5.41) is 5.05. The van der Waals surface area contributed by atoms with Crippen LogP contribution in [0, 0.1) is 5.41 Å². The maximum Gasteiger partial charge on any atom is 0.252 e. The first-order valence-electron chi connectivity index (χ1n) is 6.01. The Labute approximate surface area is 115 Å². The number of carbonyl (C=O) groups is 1. The lowest BCUT2D eigenvalue weighted by molar-refractivity contribution is 0.0903. The Morgan fingerprint density at radius 1 is 1.59 bits per heavy atom. The molecule has 0 spiro atoms. The Bertz CT molecular complexity index is 413. The highest BCUT2D eigenvalue weighted by Gasteiger charge is 2.28. The second kappa shape index (κ2) is 5.11. The van der Waals surface area contributed by atoms with Gasteiger partial charge in [-0.25, -0.2) is 0 Å². The van der Waals surface area contributed by atoms with Crippen LogP contribution in [0.25, 0.3) is 0 Å². The van der Waals surface area contributed by atoms with Crippen molar-refractivity contribution in [3.05, 3.63) is 20.8 Å². The van der Waals surface area contributed by atoms with Crippen molar-refractivity contribution in [2.24, 2.45) is 5.41 Å². The molecule has 1 aliphatic rings. The molecule has 2 rings (SSSR count). The standard InChI is InChI=1S/C13H18BrNOS/c1-13(2)5-3-4-10(7-13)15-12(16)9-6-11(14)17-8-9/h6,8,10H,3-5,7H2,1-2H3,(H,15,16). The van der Waals surface area contributed by atoms with E-state index in [0.29, 0.717) is 11.5 Å². The molecule has 4 heteroatoms. The molecule has 1 atom stereocenters. The minimum atomic E-state index is 0.0645. The third-order valence-electron chi connectivity index (χ3n) is 3.37. The Kier molecular flexibility index (Phi) is 3.93. The second-order valence-corrected chi connectivity index (χ2v) is 7.86. The molecule has 1 heterocycles. The Balaban J connectivity index is 1.95. The highest BCUT2D eigenvalue weighted by atomic mass is 79.9. The predicted molar refractivity (Wildman–Crippen MR) is 75.5 cm³/mol. The van der Waals surface area contributed by atoms with Gasteiger partial charge in [-0.05, 0) is 46.7 Å². The van der Waals surface area contributed by atoms with Crippen molar-refractivity contribution in [3.63, 3.8) is 0 Å². The van der Waals surface area contributed by atoms with E-state index in [1.807, 2.05) is 11.4 Å². The van der Waals surface area contributed by atoms with Gasteiger partial charge in [-0.3, -0.25) is 4.79 Å². The zero-order chi connectivity index (χ0) is 12.5. The fourth-order valence-corrected chi connectivity index (χ4v) is 3.66. The molecule has 0 aliphatic heterocycles. The lowest BCUT2D eigenvalue weighted by Crippen LogP contribution is -2.40. The van der Waals surface area contributed by atoms with E-state index in [2.05, 4.69) is 35.1 Å². The lowest BCUT2D eigenvalue weighted by Gasteiger charge is -2.35. The van der Waals surface area contributed by atoms with Crippen LogP contribution in [0.2, 0.25) is 0 Å². The van der Waals surface area contributed by atoms with Crippen LogP contribution in [-0.2, 0) is 0 Å². The molecule has 1 amide bonds. The van der Waals surface area contributed by atoms with Crippen LogP contribution in [0.4, 0.5) is 0 Å². The highest BCUT2D eigenvalue weighted by Crippen LogP contribution is 2.35. The molecular formula is C13H18BrNOS. The van der Waals surface area contributed by atoms with Gasteiger partial charge in [0.25, 0.3) is 5.91 Å². The maximum absolute atomic E-state index is 12.0. The fraction of sp³-hybridized carbons (Fsp3) is 0.615. The molecule has 1 fully saturated rings. The van der Waals surface area contributed by atoms with Gasteiger partial charge in [0.2, 0.25) is 0 Å². The average molecular weight is 316 g/mol. The topological polar surface area (TPSA) is 29.1 Å². The molecule has 1 N–H and O–H groups in total. The van der Waals surface area contributed by atoms with Crippen molar-refractivity contribution in [3.8, 4) is 0 Å². The van der Waals surface area contributed by atoms with E-state index < -0.39 is 0 Å². The molecule has 1 aromatic heterocycles. The SMILES string of the molecule is CC1(C)CCCC(NC(=O)c2csc(Br)c2)C1. The summed E-state index contributed by atoms with van der Waals surface area (Å²) in [6.45, 7) is 4.57. The molecule has 2 nitrogen and oxygen atoms in total. The van der Waals surface area contributed by atoms with Crippen molar-refractivity contribution in [2.75, 3.05) is 0 Å². The summed E-state index contributed by atoms with van der Waals surface area (Å²) in [6.07, 6.45) is 4.68. The van der Waals surface area contributed by atoms with E-state index in [-0.39, 0.29) is 5.91 Å². The van der Waals surface area contributed by atoms with E-state index in [4.69, 9.17) is 0 Å². The number of hydrogen-bond acceptors (Lipinski definition) is 2. The summed E-state index contributed by atoms with van der Waals surface area (Å²) in [7, 11) is 0. The molecule has 0 radical (unpaired) electrons. The smallest absolute Gasteiger partial charge is 0.252 e. The van der Waals surface area contributed by atoms with Crippen molar-refractivity contribution in [1.82, 2.24) is 5.32 Å². The monoisotopic (exact) mass is 315 g/mol. The minimum absolute atomic E-state index is 0.0645. The summed E-state index contributed by atoms with van der Waals surface area (Å²) < 4.78 is 1.01. The molecule has 1 unspecified atom stereocenters. The van der Waals surface area contributed by atoms with Crippen molar-refractivity contribution in [2.45, 2.75) is 45.6 Å². The van der Waals surface area contributed by atoms with Crippen LogP contribution in [0.1, 0.15) is 49.9 Å². The molecule has 1 saturated carbocycles. The summed E-state index contributed by atoms with van der Waals surface area (Å²) in [5.41, 5.74) is 1.14. The van der Waals surface area contributed by atoms with Crippen molar-refractivity contribution < 1.29 is 4.79 Å². The third kappa shape index (κ3) is 3.55. The van der Waals surface area contributed by atoms with Crippen LogP contribution < -0.4 is 5.32 Å². The molecular weight excluding hydrogens is 298 g/mol. The van der Waals surface area contributed by atoms with Gasteiger partial charge in [0.1, 0.15) is 0 Å².